The Morgan fingerprint density at radius 2 is 1.82 bits per heavy atom. The zero-order valence-corrected chi connectivity index (χ0v) is 24.0. The highest BCUT2D eigenvalue weighted by Gasteiger charge is 2.73. The topological polar surface area (TPSA) is 81.2 Å². The predicted octanol–water partition coefficient (Wildman–Crippen LogP) is 3.88. The van der Waals surface area contributed by atoms with Gasteiger partial charge < -0.3 is 19.8 Å². The van der Waals surface area contributed by atoms with Crippen molar-refractivity contribution >= 4 is 29.5 Å². The van der Waals surface area contributed by atoms with Crippen LogP contribution in [0.15, 0.2) is 55.6 Å². The van der Waals surface area contributed by atoms with Crippen molar-refractivity contribution in [1.82, 2.24) is 14.7 Å². The quantitative estimate of drug-likeness (QED) is 0.263. The van der Waals surface area contributed by atoms with E-state index in [2.05, 4.69) is 13.2 Å². The van der Waals surface area contributed by atoms with Crippen molar-refractivity contribution in [2.45, 2.75) is 68.0 Å². The third-order valence-corrected chi connectivity index (χ3v) is 10.4. The largest absolute Gasteiger partial charge is 0.396 e. The van der Waals surface area contributed by atoms with Crippen LogP contribution >= 0.6 is 11.8 Å². The molecule has 3 fully saturated rings. The van der Waals surface area contributed by atoms with Crippen LogP contribution in [-0.4, -0.2) is 86.4 Å². The van der Waals surface area contributed by atoms with E-state index in [0.29, 0.717) is 45.6 Å². The normalized spacial score (nSPS) is 26.9. The molecule has 1 N–H and O–H groups in total. The van der Waals surface area contributed by atoms with Gasteiger partial charge in [0.1, 0.15) is 6.04 Å². The number of aliphatic hydroxyl groups is 1. The van der Waals surface area contributed by atoms with Crippen LogP contribution in [0.1, 0.15) is 51.0 Å². The molecule has 1 spiro atoms. The Kier molecular flexibility index (Phi) is 9.94. The maximum Gasteiger partial charge on any atom is 0.247 e. The average molecular weight is 554 g/mol. The molecule has 0 aromatic heterocycles. The Morgan fingerprint density at radius 1 is 1.10 bits per heavy atom. The van der Waals surface area contributed by atoms with Crippen molar-refractivity contribution in [3.63, 3.8) is 0 Å². The number of thioether (sulfide) groups is 1. The van der Waals surface area contributed by atoms with Crippen LogP contribution in [0.2, 0.25) is 0 Å². The maximum absolute atomic E-state index is 14.4. The minimum absolute atomic E-state index is 0.0229. The molecule has 0 aliphatic carbocycles. The number of hydrogen-bond acceptors (Lipinski definition) is 5. The fourth-order valence-electron chi connectivity index (χ4n) is 6.82. The molecule has 5 atom stereocenters. The monoisotopic (exact) mass is 553 g/mol. The molecule has 7 nitrogen and oxygen atoms in total. The minimum atomic E-state index is -0.611. The molecule has 3 saturated heterocycles. The zero-order valence-electron chi connectivity index (χ0n) is 23.2. The fraction of sp³-hybridized carbons (Fsp3) is 0.581. The van der Waals surface area contributed by atoms with Crippen LogP contribution in [-0.2, 0) is 20.9 Å². The van der Waals surface area contributed by atoms with Crippen LogP contribution < -0.4 is 0 Å². The van der Waals surface area contributed by atoms with Gasteiger partial charge in [-0.3, -0.25) is 14.4 Å². The van der Waals surface area contributed by atoms with Gasteiger partial charge in [-0.2, -0.15) is 0 Å². The molecule has 3 amide bonds. The molecule has 1 aromatic rings. The van der Waals surface area contributed by atoms with E-state index in [1.54, 1.807) is 28.8 Å². The SMILES string of the molecule is C=CCN(Cc1ccccc1)C(=O)C1N(CCCCCO)C(=O)[C@@H]2[C@@H](C(=O)N(CC=C)CCC)[C@H]3CCC12S3. The molecule has 8 heteroatoms. The highest BCUT2D eigenvalue weighted by atomic mass is 32.2. The summed E-state index contributed by atoms with van der Waals surface area (Å²) in [5, 5.41) is 9.32. The van der Waals surface area contributed by atoms with Crippen molar-refractivity contribution in [3.05, 3.63) is 61.2 Å². The van der Waals surface area contributed by atoms with E-state index in [-0.39, 0.29) is 29.6 Å². The van der Waals surface area contributed by atoms with E-state index in [0.717, 1.165) is 31.2 Å². The first kappa shape index (κ1) is 29.4. The Labute approximate surface area is 237 Å². The first-order valence-electron chi connectivity index (χ1n) is 14.4. The van der Waals surface area contributed by atoms with Crippen molar-refractivity contribution in [2.75, 3.05) is 32.8 Å². The first-order chi connectivity index (χ1) is 18.9. The van der Waals surface area contributed by atoms with Crippen LogP contribution in [0.25, 0.3) is 0 Å². The molecule has 2 unspecified atom stereocenters. The highest BCUT2D eigenvalue weighted by molar-refractivity contribution is 8.02. The molecule has 2 bridgehead atoms. The van der Waals surface area contributed by atoms with Gasteiger partial charge in [0.05, 0.1) is 16.6 Å². The molecule has 3 aliphatic rings. The van der Waals surface area contributed by atoms with Gasteiger partial charge in [-0.05, 0) is 44.1 Å². The summed E-state index contributed by atoms with van der Waals surface area (Å²) in [7, 11) is 0. The summed E-state index contributed by atoms with van der Waals surface area (Å²) in [6, 6.07) is 9.27. The lowest BCUT2D eigenvalue weighted by Crippen LogP contribution is -2.54. The van der Waals surface area contributed by atoms with E-state index >= 15 is 0 Å². The molecule has 3 heterocycles. The third-order valence-electron chi connectivity index (χ3n) is 8.41. The van der Waals surface area contributed by atoms with Crippen molar-refractivity contribution in [1.29, 1.82) is 0 Å². The number of fused-ring (bicyclic) bond motifs is 1. The second-order valence-corrected chi connectivity index (χ2v) is 12.5. The standard InChI is InChI=1S/C31H43N3O4S/c1-4-17-32(18-5-2)28(36)25-24-15-16-31(39-24)26(25)29(37)34(20-11-8-12-21-35)27(31)30(38)33(19-6-3)22-23-13-9-7-10-14-23/h4,6-7,9-10,13-14,24-27,35H,1,3,5,8,11-12,15-22H2,2H3/t24-,25+,26+,27?,31?/m1/s1. The molecule has 212 valence electrons. The number of benzene rings is 1. The molecule has 1 aromatic carbocycles. The van der Waals surface area contributed by atoms with E-state index in [1.165, 1.54) is 0 Å². The first-order valence-corrected chi connectivity index (χ1v) is 15.2. The smallest absolute Gasteiger partial charge is 0.247 e. The number of aliphatic hydroxyl groups excluding tert-OH is 1. The Morgan fingerprint density at radius 3 is 2.49 bits per heavy atom. The second-order valence-electron chi connectivity index (χ2n) is 10.9. The number of amides is 3. The highest BCUT2D eigenvalue weighted by Crippen LogP contribution is 2.66. The summed E-state index contributed by atoms with van der Waals surface area (Å²) >= 11 is 1.72. The number of carbonyl (C=O) groups excluding carboxylic acids is 3. The van der Waals surface area contributed by atoms with Crippen molar-refractivity contribution in [2.24, 2.45) is 11.8 Å². The summed E-state index contributed by atoms with van der Waals surface area (Å²) in [6.45, 7) is 12.3. The zero-order chi connectivity index (χ0) is 28.0. The van der Waals surface area contributed by atoms with Crippen LogP contribution in [0.5, 0.6) is 0 Å². The van der Waals surface area contributed by atoms with Gasteiger partial charge in [-0.15, -0.1) is 24.9 Å². The molecule has 0 radical (unpaired) electrons. The summed E-state index contributed by atoms with van der Waals surface area (Å²) in [5.41, 5.74) is 1.02. The van der Waals surface area contributed by atoms with Gasteiger partial charge in [-0.1, -0.05) is 49.4 Å². The number of likely N-dealkylation sites (tertiary alicyclic amines) is 1. The van der Waals surface area contributed by atoms with E-state index in [1.807, 2.05) is 47.1 Å². The number of hydrogen-bond donors (Lipinski definition) is 1. The Hall–Kier alpha value is -2.58. The van der Waals surface area contributed by atoms with Gasteiger partial charge in [0, 0.05) is 44.6 Å². The molecular formula is C31H43N3O4S. The number of nitrogens with zero attached hydrogens (tertiary/aromatic N) is 3. The minimum Gasteiger partial charge on any atom is -0.396 e. The molecule has 39 heavy (non-hydrogen) atoms. The van der Waals surface area contributed by atoms with Gasteiger partial charge in [0.15, 0.2) is 0 Å². The third kappa shape index (κ3) is 5.68. The lowest BCUT2D eigenvalue weighted by atomic mass is 9.70. The molecule has 4 rings (SSSR count). The van der Waals surface area contributed by atoms with E-state index < -0.39 is 22.6 Å². The van der Waals surface area contributed by atoms with E-state index in [9.17, 15) is 19.5 Å². The number of rotatable bonds is 15. The fourth-order valence-corrected chi connectivity index (χ4v) is 9.02. The Bertz CT molecular complexity index is 1050. The van der Waals surface area contributed by atoms with Crippen molar-refractivity contribution in [3.8, 4) is 0 Å². The second kappa shape index (κ2) is 13.2. The van der Waals surface area contributed by atoms with Gasteiger partial charge in [0.2, 0.25) is 17.7 Å². The summed E-state index contributed by atoms with van der Waals surface area (Å²) in [5.74, 6) is -1.00. The summed E-state index contributed by atoms with van der Waals surface area (Å²) < 4.78 is -0.599. The van der Waals surface area contributed by atoms with Crippen LogP contribution in [0, 0.1) is 11.8 Å². The lowest BCUT2D eigenvalue weighted by Gasteiger charge is -2.37. The molecule has 0 saturated carbocycles. The van der Waals surface area contributed by atoms with Crippen molar-refractivity contribution < 1.29 is 19.5 Å². The van der Waals surface area contributed by atoms with Gasteiger partial charge in [-0.25, -0.2) is 0 Å². The van der Waals surface area contributed by atoms with E-state index in [4.69, 9.17) is 0 Å². The number of carbonyl (C=O) groups is 3. The van der Waals surface area contributed by atoms with Gasteiger partial charge in [0.25, 0.3) is 0 Å². The number of unbranched alkanes of at least 4 members (excludes halogenated alkanes) is 2. The maximum atomic E-state index is 14.4. The molecule has 3 aliphatic heterocycles. The molecular weight excluding hydrogens is 510 g/mol. The summed E-state index contributed by atoms with van der Waals surface area (Å²) in [4.78, 5) is 48.0. The van der Waals surface area contributed by atoms with Crippen LogP contribution in [0.3, 0.4) is 0 Å². The Balaban J connectivity index is 1.68. The van der Waals surface area contributed by atoms with Gasteiger partial charge >= 0.3 is 0 Å². The predicted molar refractivity (Wildman–Crippen MR) is 156 cm³/mol. The average Bonchev–Trinajstić information content (AvgIpc) is 3.58. The lowest BCUT2D eigenvalue weighted by molar-refractivity contribution is -0.144. The van der Waals surface area contributed by atoms with Crippen LogP contribution in [0.4, 0.5) is 0 Å². The summed E-state index contributed by atoms with van der Waals surface area (Å²) in [6.07, 6.45) is 8.07.